The highest BCUT2D eigenvalue weighted by Gasteiger charge is 2.19. The second kappa shape index (κ2) is 6.22. The molecule has 0 aliphatic heterocycles. The molecule has 3 heterocycles. The predicted octanol–water partition coefficient (Wildman–Crippen LogP) is 3.57. The third-order valence-corrected chi connectivity index (χ3v) is 3.82. The molecule has 0 atom stereocenters. The van der Waals surface area contributed by atoms with E-state index in [1.807, 2.05) is 21.6 Å². The molecule has 0 amide bonds. The van der Waals surface area contributed by atoms with Crippen molar-refractivity contribution < 1.29 is 0 Å². The quantitative estimate of drug-likeness (QED) is 0.775. The van der Waals surface area contributed by atoms with Gasteiger partial charge in [0.05, 0.1) is 17.1 Å². The summed E-state index contributed by atoms with van der Waals surface area (Å²) in [5.41, 5.74) is 0.686. The molecule has 3 aromatic rings. The van der Waals surface area contributed by atoms with Crippen LogP contribution in [-0.2, 0) is 12.1 Å². The number of hydrogen-bond donors (Lipinski definition) is 1. The Bertz CT molecular complexity index is 823. The van der Waals surface area contributed by atoms with Gasteiger partial charge in [-0.3, -0.25) is 4.68 Å². The monoisotopic (exact) mass is 327 g/mol. The molecule has 3 aromatic heterocycles. The van der Waals surface area contributed by atoms with Crippen molar-refractivity contribution in [3.05, 3.63) is 24.8 Å². The average molecular weight is 327 g/mol. The Labute approximate surface area is 142 Å². The van der Waals surface area contributed by atoms with Crippen LogP contribution in [0, 0.1) is 5.92 Å². The molecule has 0 saturated heterocycles. The topological polar surface area (TPSA) is 73.5 Å². The van der Waals surface area contributed by atoms with Crippen molar-refractivity contribution in [2.45, 2.75) is 53.1 Å². The van der Waals surface area contributed by atoms with Crippen LogP contribution >= 0.6 is 0 Å². The van der Waals surface area contributed by atoms with Crippen LogP contribution in [0.25, 0.3) is 11.0 Å². The van der Waals surface area contributed by atoms with Gasteiger partial charge >= 0.3 is 0 Å². The Morgan fingerprint density at radius 3 is 2.71 bits per heavy atom. The van der Waals surface area contributed by atoms with Crippen LogP contribution in [-0.4, -0.2) is 29.5 Å². The van der Waals surface area contributed by atoms with E-state index in [1.165, 1.54) is 0 Å². The maximum absolute atomic E-state index is 4.56. The van der Waals surface area contributed by atoms with E-state index in [2.05, 4.69) is 60.1 Å². The van der Waals surface area contributed by atoms with E-state index < -0.39 is 0 Å². The summed E-state index contributed by atoms with van der Waals surface area (Å²) in [6, 6.07) is 1.96. The number of hydrogen-bond acceptors (Lipinski definition) is 5. The van der Waals surface area contributed by atoms with E-state index >= 15 is 0 Å². The molecule has 0 spiro atoms. The van der Waals surface area contributed by atoms with Gasteiger partial charge in [-0.05, 0) is 33.1 Å². The second-order valence-corrected chi connectivity index (χ2v) is 7.46. The molecule has 0 bridgehead atoms. The van der Waals surface area contributed by atoms with Gasteiger partial charge < -0.3 is 5.32 Å². The molecule has 0 saturated carbocycles. The van der Waals surface area contributed by atoms with E-state index in [1.54, 1.807) is 12.5 Å². The maximum Gasteiger partial charge on any atom is 0.163 e. The molecule has 7 nitrogen and oxygen atoms in total. The number of aromatic nitrogens is 6. The Morgan fingerprint density at radius 1 is 1.21 bits per heavy atom. The lowest BCUT2D eigenvalue weighted by molar-refractivity contribution is 0.366. The summed E-state index contributed by atoms with van der Waals surface area (Å²) in [7, 11) is 0. The highest BCUT2D eigenvalue weighted by atomic mass is 15.3. The number of anilines is 2. The number of rotatable bonds is 5. The zero-order valence-corrected chi connectivity index (χ0v) is 15.0. The van der Waals surface area contributed by atoms with Gasteiger partial charge in [0.15, 0.2) is 11.5 Å². The molecule has 1 N–H and O–H groups in total. The summed E-state index contributed by atoms with van der Waals surface area (Å²) >= 11 is 0. The molecule has 0 unspecified atom stereocenters. The van der Waals surface area contributed by atoms with Crippen molar-refractivity contribution in [1.82, 2.24) is 29.5 Å². The van der Waals surface area contributed by atoms with E-state index in [0.29, 0.717) is 5.92 Å². The first kappa shape index (κ1) is 16.4. The SMILES string of the molecule is CC(C)CCn1ccc(Nc2ncnc3c2cnn3C(C)(C)C)n1. The minimum atomic E-state index is -0.133. The van der Waals surface area contributed by atoms with Gasteiger partial charge in [0.1, 0.15) is 12.1 Å². The zero-order valence-electron chi connectivity index (χ0n) is 15.0. The van der Waals surface area contributed by atoms with Gasteiger partial charge in [0.25, 0.3) is 0 Å². The Hall–Kier alpha value is -2.44. The normalized spacial score (nSPS) is 12.2. The van der Waals surface area contributed by atoms with Crippen molar-refractivity contribution in [1.29, 1.82) is 0 Å². The first-order valence-electron chi connectivity index (χ1n) is 8.34. The summed E-state index contributed by atoms with van der Waals surface area (Å²) in [6.45, 7) is 11.7. The molecule has 3 rings (SSSR count). The third kappa shape index (κ3) is 3.39. The zero-order chi connectivity index (χ0) is 17.3. The van der Waals surface area contributed by atoms with Crippen molar-refractivity contribution in [3.63, 3.8) is 0 Å². The van der Waals surface area contributed by atoms with E-state index in [9.17, 15) is 0 Å². The number of aryl methyl sites for hydroxylation is 1. The molecule has 0 aliphatic rings. The average Bonchev–Trinajstić information content (AvgIpc) is 3.11. The Morgan fingerprint density at radius 2 is 2.00 bits per heavy atom. The van der Waals surface area contributed by atoms with Gasteiger partial charge in [-0.15, -0.1) is 0 Å². The molecule has 0 aromatic carbocycles. The fraction of sp³-hybridized carbons (Fsp3) is 0.529. The Kier molecular flexibility index (Phi) is 4.26. The van der Waals surface area contributed by atoms with Crippen LogP contribution < -0.4 is 5.32 Å². The first-order valence-corrected chi connectivity index (χ1v) is 8.34. The minimum Gasteiger partial charge on any atom is -0.323 e. The van der Waals surface area contributed by atoms with Gasteiger partial charge in [0.2, 0.25) is 0 Å². The molecule has 0 fully saturated rings. The first-order chi connectivity index (χ1) is 11.3. The van der Waals surface area contributed by atoms with Crippen molar-refractivity contribution in [2.75, 3.05) is 5.32 Å². The number of nitrogens with zero attached hydrogens (tertiary/aromatic N) is 6. The van der Waals surface area contributed by atoms with Gasteiger partial charge in [-0.1, -0.05) is 13.8 Å². The summed E-state index contributed by atoms with van der Waals surface area (Å²) in [5, 5.41) is 13.2. The van der Waals surface area contributed by atoms with Crippen LogP contribution in [0.4, 0.5) is 11.6 Å². The molecular formula is C17H25N7. The van der Waals surface area contributed by atoms with Crippen molar-refractivity contribution in [3.8, 4) is 0 Å². The van der Waals surface area contributed by atoms with Crippen LogP contribution in [0.5, 0.6) is 0 Å². The summed E-state index contributed by atoms with van der Waals surface area (Å²) in [6.07, 6.45) is 6.46. The number of nitrogens with one attached hydrogen (secondary N) is 1. The predicted molar refractivity (Wildman–Crippen MR) is 95.3 cm³/mol. The lowest BCUT2D eigenvalue weighted by Crippen LogP contribution is -2.23. The Balaban J connectivity index is 1.84. The fourth-order valence-corrected chi connectivity index (χ4v) is 2.50. The lowest BCUT2D eigenvalue weighted by Gasteiger charge is -2.19. The summed E-state index contributed by atoms with van der Waals surface area (Å²) in [5.74, 6) is 2.17. The van der Waals surface area contributed by atoms with E-state index in [4.69, 9.17) is 0 Å². The highest BCUT2D eigenvalue weighted by molar-refractivity contribution is 5.87. The third-order valence-electron chi connectivity index (χ3n) is 3.82. The van der Waals surface area contributed by atoms with Crippen LogP contribution in [0.2, 0.25) is 0 Å². The van der Waals surface area contributed by atoms with Crippen LogP contribution in [0.3, 0.4) is 0 Å². The van der Waals surface area contributed by atoms with E-state index in [0.717, 1.165) is 35.6 Å². The van der Waals surface area contributed by atoms with Gasteiger partial charge in [-0.2, -0.15) is 10.2 Å². The lowest BCUT2D eigenvalue weighted by atomic mass is 10.1. The maximum atomic E-state index is 4.56. The second-order valence-electron chi connectivity index (χ2n) is 7.46. The van der Waals surface area contributed by atoms with Crippen molar-refractivity contribution >= 4 is 22.7 Å². The van der Waals surface area contributed by atoms with Crippen molar-refractivity contribution in [2.24, 2.45) is 5.92 Å². The van der Waals surface area contributed by atoms with Crippen LogP contribution in [0.15, 0.2) is 24.8 Å². The fourth-order valence-electron chi connectivity index (χ4n) is 2.50. The molecule has 0 aliphatic carbocycles. The summed E-state index contributed by atoms with van der Waals surface area (Å²) < 4.78 is 3.87. The molecule has 128 valence electrons. The van der Waals surface area contributed by atoms with Gasteiger partial charge in [0, 0.05) is 18.8 Å². The molecule has 24 heavy (non-hydrogen) atoms. The molecule has 0 radical (unpaired) electrons. The smallest absolute Gasteiger partial charge is 0.163 e. The number of fused-ring (bicyclic) bond motifs is 1. The molecular weight excluding hydrogens is 302 g/mol. The van der Waals surface area contributed by atoms with Gasteiger partial charge in [-0.25, -0.2) is 14.6 Å². The van der Waals surface area contributed by atoms with Crippen LogP contribution in [0.1, 0.15) is 41.0 Å². The standard InChI is InChI=1S/C17H25N7/c1-12(2)6-8-23-9-7-14(22-23)21-15-13-10-20-24(17(3,4)5)16(13)19-11-18-15/h7,9-12H,6,8H2,1-5H3,(H,18,19,21,22). The molecule has 7 heteroatoms. The largest absolute Gasteiger partial charge is 0.323 e. The highest BCUT2D eigenvalue weighted by Crippen LogP contribution is 2.25. The summed E-state index contributed by atoms with van der Waals surface area (Å²) in [4.78, 5) is 8.74. The van der Waals surface area contributed by atoms with E-state index in [-0.39, 0.29) is 5.54 Å². The minimum absolute atomic E-state index is 0.133.